The monoisotopic (exact) mass is 173 g/mol. The van der Waals surface area contributed by atoms with E-state index >= 15 is 0 Å². The third kappa shape index (κ3) is 1.71. The van der Waals surface area contributed by atoms with Gasteiger partial charge < -0.3 is 10.1 Å². The normalized spacial score (nSPS) is 39.3. The van der Waals surface area contributed by atoms with Crippen molar-refractivity contribution in [3.8, 4) is 0 Å². The predicted molar refractivity (Wildman–Crippen MR) is 47.9 cm³/mol. The fourth-order valence-electron chi connectivity index (χ4n) is 1.71. The number of hydrogen-bond acceptors (Lipinski definition) is 3. The van der Waals surface area contributed by atoms with Crippen LogP contribution in [0.1, 0.15) is 19.3 Å². The van der Waals surface area contributed by atoms with Crippen molar-refractivity contribution in [3.63, 3.8) is 0 Å². The Balaban J connectivity index is 1.94. The van der Waals surface area contributed by atoms with Crippen LogP contribution in [0, 0.1) is 0 Å². The second-order valence-electron chi connectivity index (χ2n) is 3.24. The molecule has 64 valence electrons. The Hall–Kier alpha value is 0.270. The van der Waals surface area contributed by atoms with E-state index in [1.54, 1.807) is 0 Å². The van der Waals surface area contributed by atoms with Crippen molar-refractivity contribution in [1.82, 2.24) is 5.32 Å². The van der Waals surface area contributed by atoms with Crippen LogP contribution in [0.15, 0.2) is 0 Å². The second kappa shape index (κ2) is 3.33. The van der Waals surface area contributed by atoms with Gasteiger partial charge in [-0.05, 0) is 31.6 Å². The van der Waals surface area contributed by atoms with Crippen molar-refractivity contribution in [2.45, 2.75) is 24.2 Å². The highest BCUT2D eigenvalue weighted by atomic mass is 32.2. The van der Waals surface area contributed by atoms with E-state index < -0.39 is 0 Å². The van der Waals surface area contributed by atoms with Gasteiger partial charge in [-0.2, -0.15) is 0 Å². The molecular weight excluding hydrogens is 158 g/mol. The van der Waals surface area contributed by atoms with Gasteiger partial charge in [0.2, 0.25) is 0 Å². The Morgan fingerprint density at radius 3 is 3.00 bits per heavy atom. The van der Waals surface area contributed by atoms with E-state index in [0.717, 1.165) is 13.2 Å². The fraction of sp³-hybridized carbons (Fsp3) is 1.00. The molecule has 1 unspecified atom stereocenters. The number of ether oxygens (including phenoxy) is 1. The smallest absolute Gasteiger partial charge is 0.126 e. The summed E-state index contributed by atoms with van der Waals surface area (Å²) in [5.74, 6) is 1.28. The van der Waals surface area contributed by atoms with E-state index in [2.05, 4.69) is 5.32 Å². The molecule has 0 aromatic carbocycles. The molecule has 2 saturated heterocycles. The van der Waals surface area contributed by atoms with Gasteiger partial charge in [-0.15, -0.1) is 11.8 Å². The molecule has 2 rings (SSSR count). The molecular formula is C8H15NOS. The number of hydrogen-bond donors (Lipinski definition) is 1. The van der Waals surface area contributed by atoms with Gasteiger partial charge in [0.25, 0.3) is 0 Å². The van der Waals surface area contributed by atoms with Crippen molar-refractivity contribution in [2.24, 2.45) is 0 Å². The summed E-state index contributed by atoms with van der Waals surface area (Å²) in [5, 5.41) is 3.40. The fourth-order valence-corrected chi connectivity index (χ4v) is 3.01. The van der Waals surface area contributed by atoms with Crippen LogP contribution >= 0.6 is 11.8 Å². The molecule has 0 saturated carbocycles. The minimum atomic E-state index is 0.163. The summed E-state index contributed by atoms with van der Waals surface area (Å²) < 4.78 is 5.81. The van der Waals surface area contributed by atoms with E-state index in [0.29, 0.717) is 0 Å². The second-order valence-corrected chi connectivity index (χ2v) is 4.68. The van der Waals surface area contributed by atoms with Gasteiger partial charge in [0.1, 0.15) is 4.93 Å². The molecule has 1 spiro atoms. The number of piperidine rings is 1. The first-order valence-electron chi connectivity index (χ1n) is 4.40. The van der Waals surface area contributed by atoms with Crippen LogP contribution in [-0.2, 0) is 4.74 Å². The van der Waals surface area contributed by atoms with Crippen LogP contribution in [0.3, 0.4) is 0 Å². The van der Waals surface area contributed by atoms with Crippen LogP contribution in [0.4, 0.5) is 0 Å². The number of rotatable bonds is 0. The molecule has 0 aromatic rings. The summed E-state index contributed by atoms with van der Waals surface area (Å²) in [6.07, 6.45) is 3.74. The molecule has 0 aromatic heterocycles. The maximum absolute atomic E-state index is 5.81. The Bertz CT molecular complexity index is 109. The Morgan fingerprint density at radius 2 is 2.36 bits per heavy atom. The quantitative estimate of drug-likeness (QED) is 0.595. The molecule has 11 heavy (non-hydrogen) atoms. The topological polar surface area (TPSA) is 21.3 Å². The summed E-state index contributed by atoms with van der Waals surface area (Å²) in [6, 6.07) is 0. The average Bonchev–Trinajstić information content (AvgIpc) is 2.07. The van der Waals surface area contributed by atoms with Crippen LogP contribution in [0.2, 0.25) is 0 Å². The maximum atomic E-state index is 5.81. The highest BCUT2D eigenvalue weighted by Gasteiger charge is 2.35. The molecule has 2 nitrogen and oxygen atoms in total. The molecule has 0 aliphatic carbocycles. The van der Waals surface area contributed by atoms with Gasteiger partial charge in [0.05, 0.1) is 0 Å². The maximum Gasteiger partial charge on any atom is 0.126 e. The average molecular weight is 173 g/mol. The molecule has 0 amide bonds. The lowest BCUT2D eigenvalue weighted by atomic mass is 10.1. The molecule has 1 atom stereocenters. The number of thioether (sulfide) groups is 1. The summed E-state index contributed by atoms with van der Waals surface area (Å²) >= 11 is 2.00. The molecule has 2 heterocycles. The van der Waals surface area contributed by atoms with E-state index in [4.69, 9.17) is 4.74 Å². The summed E-state index contributed by atoms with van der Waals surface area (Å²) in [4.78, 5) is 0.163. The zero-order valence-corrected chi connectivity index (χ0v) is 7.58. The van der Waals surface area contributed by atoms with E-state index in [1.165, 1.54) is 31.6 Å². The third-order valence-electron chi connectivity index (χ3n) is 2.32. The van der Waals surface area contributed by atoms with Crippen LogP contribution in [0.5, 0.6) is 0 Å². The first-order valence-corrected chi connectivity index (χ1v) is 5.39. The van der Waals surface area contributed by atoms with Gasteiger partial charge in [0, 0.05) is 13.2 Å². The molecule has 3 heteroatoms. The zero-order valence-electron chi connectivity index (χ0n) is 6.77. The first kappa shape index (κ1) is 7.90. The minimum absolute atomic E-state index is 0.163. The van der Waals surface area contributed by atoms with Crippen LogP contribution in [-0.4, -0.2) is 30.4 Å². The molecule has 2 aliphatic heterocycles. The van der Waals surface area contributed by atoms with Crippen molar-refractivity contribution >= 4 is 11.8 Å². The Labute approximate surface area is 72.1 Å². The molecule has 2 fully saturated rings. The van der Waals surface area contributed by atoms with Gasteiger partial charge >= 0.3 is 0 Å². The largest absolute Gasteiger partial charge is 0.363 e. The standard InChI is InChI=1S/C8H15NOS/c1-3-8(7-9-4-1)10-5-2-6-11-8/h9H,1-7H2. The van der Waals surface area contributed by atoms with Crippen LogP contribution < -0.4 is 5.32 Å². The summed E-state index contributed by atoms with van der Waals surface area (Å²) in [6.45, 7) is 3.19. The zero-order chi connectivity index (χ0) is 7.57. The highest BCUT2D eigenvalue weighted by Crippen LogP contribution is 2.36. The van der Waals surface area contributed by atoms with Crippen molar-refractivity contribution < 1.29 is 4.74 Å². The van der Waals surface area contributed by atoms with E-state index in [9.17, 15) is 0 Å². The summed E-state index contributed by atoms with van der Waals surface area (Å²) in [5.41, 5.74) is 0. The number of nitrogens with one attached hydrogen (secondary N) is 1. The molecule has 2 aliphatic rings. The lowest BCUT2D eigenvalue weighted by Gasteiger charge is -2.39. The van der Waals surface area contributed by atoms with Crippen molar-refractivity contribution in [1.29, 1.82) is 0 Å². The lowest BCUT2D eigenvalue weighted by Crippen LogP contribution is -2.47. The third-order valence-corrected chi connectivity index (χ3v) is 3.81. The SMILES string of the molecule is C1COC2(CCCNC2)SC1. The highest BCUT2D eigenvalue weighted by molar-refractivity contribution is 8.00. The predicted octanol–water partition coefficient (Wildman–Crippen LogP) is 1.22. The Morgan fingerprint density at radius 1 is 1.36 bits per heavy atom. The lowest BCUT2D eigenvalue weighted by molar-refractivity contribution is 0.00362. The summed E-state index contributed by atoms with van der Waals surface area (Å²) in [7, 11) is 0. The van der Waals surface area contributed by atoms with Gasteiger partial charge in [-0.1, -0.05) is 0 Å². The van der Waals surface area contributed by atoms with Crippen molar-refractivity contribution in [3.05, 3.63) is 0 Å². The minimum Gasteiger partial charge on any atom is -0.363 e. The van der Waals surface area contributed by atoms with Gasteiger partial charge in [-0.3, -0.25) is 0 Å². The van der Waals surface area contributed by atoms with Gasteiger partial charge in [0.15, 0.2) is 0 Å². The van der Waals surface area contributed by atoms with Gasteiger partial charge in [-0.25, -0.2) is 0 Å². The van der Waals surface area contributed by atoms with E-state index in [1.807, 2.05) is 11.8 Å². The van der Waals surface area contributed by atoms with Crippen molar-refractivity contribution in [2.75, 3.05) is 25.4 Å². The molecule has 1 N–H and O–H groups in total. The molecule has 0 bridgehead atoms. The van der Waals surface area contributed by atoms with E-state index in [-0.39, 0.29) is 4.93 Å². The first-order chi connectivity index (χ1) is 5.41. The molecule has 0 radical (unpaired) electrons. The Kier molecular flexibility index (Phi) is 2.39. The van der Waals surface area contributed by atoms with Crippen LogP contribution in [0.25, 0.3) is 0 Å².